The first-order valence-corrected chi connectivity index (χ1v) is 10.9. The highest BCUT2D eigenvalue weighted by Gasteiger charge is 2.16. The lowest BCUT2D eigenvalue weighted by Crippen LogP contribution is -1.98. The van der Waals surface area contributed by atoms with Gasteiger partial charge in [-0.2, -0.15) is 0 Å². The van der Waals surface area contributed by atoms with Crippen molar-refractivity contribution in [3.05, 3.63) is 96.1 Å². The number of hydrogen-bond donors (Lipinski definition) is 0. The molecule has 0 spiro atoms. The highest BCUT2D eigenvalue weighted by Crippen LogP contribution is 2.42. The maximum atomic E-state index is 11.6. The van der Waals surface area contributed by atoms with Crippen LogP contribution in [0.3, 0.4) is 0 Å². The number of aryl methyl sites for hydroxylation is 1. The predicted molar refractivity (Wildman–Crippen MR) is 133 cm³/mol. The molecule has 0 fully saturated rings. The van der Waals surface area contributed by atoms with Gasteiger partial charge < -0.3 is 14.2 Å². The minimum atomic E-state index is -0.355. The van der Waals surface area contributed by atoms with E-state index in [1.165, 1.54) is 6.08 Å². The fourth-order valence-electron chi connectivity index (χ4n) is 3.80. The first kappa shape index (κ1) is 22.2. The number of benzene rings is 4. The van der Waals surface area contributed by atoms with Gasteiger partial charge in [0.05, 0.1) is 13.7 Å². The number of hydrogen-bond acceptors (Lipinski definition) is 4. The smallest absolute Gasteiger partial charge is 0.330 e. The summed E-state index contributed by atoms with van der Waals surface area (Å²) >= 11 is 0. The van der Waals surface area contributed by atoms with Crippen LogP contribution in [0.4, 0.5) is 0 Å². The lowest BCUT2D eigenvalue weighted by Gasteiger charge is -2.18. The van der Waals surface area contributed by atoms with Gasteiger partial charge in [-0.05, 0) is 72.3 Å². The van der Waals surface area contributed by atoms with Crippen molar-refractivity contribution < 1.29 is 19.0 Å². The summed E-state index contributed by atoms with van der Waals surface area (Å²) in [4.78, 5) is 11.6. The van der Waals surface area contributed by atoms with E-state index in [-0.39, 0.29) is 5.97 Å². The Morgan fingerprint density at radius 3 is 2.33 bits per heavy atom. The first-order valence-electron chi connectivity index (χ1n) is 10.9. The van der Waals surface area contributed by atoms with E-state index in [1.807, 2.05) is 60.7 Å². The number of esters is 1. The quantitative estimate of drug-likeness (QED) is 0.226. The number of methoxy groups -OCH3 is 1. The van der Waals surface area contributed by atoms with Crippen molar-refractivity contribution in [2.75, 3.05) is 13.7 Å². The van der Waals surface area contributed by atoms with Crippen LogP contribution >= 0.6 is 0 Å². The third-order valence-corrected chi connectivity index (χ3v) is 5.36. The zero-order valence-corrected chi connectivity index (χ0v) is 19.0. The van der Waals surface area contributed by atoms with Crippen molar-refractivity contribution in [2.45, 2.75) is 13.8 Å². The largest absolute Gasteiger partial charge is 0.497 e. The summed E-state index contributed by atoms with van der Waals surface area (Å²) in [6, 6.07) is 26.0. The Labute approximate surface area is 194 Å². The number of carbonyl (C=O) groups excluding carboxylic acids is 1. The Morgan fingerprint density at radius 1 is 0.909 bits per heavy atom. The van der Waals surface area contributed by atoms with Crippen LogP contribution in [0.25, 0.3) is 28.0 Å². The van der Waals surface area contributed by atoms with Gasteiger partial charge in [0, 0.05) is 17.0 Å². The van der Waals surface area contributed by atoms with E-state index >= 15 is 0 Å². The molecule has 0 heterocycles. The van der Waals surface area contributed by atoms with E-state index in [9.17, 15) is 4.79 Å². The molecule has 0 N–H and O–H groups in total. The normalized spacial score (nSPS) is 11.0. The topological polar surface area (TPSA) is 44.8 Å². The minimum Gasteiger partial charge on any atom is -0.497 e. The fourth-order valence-corrected chi connectivity index (χ4v) is 3.80. The Kier molecular flexibility index (Phi) is 6.75. The van der Waals surface area contributed by atoms with Gasteiger partial charge in [-0.1, -0.05) is 48.5 Å². The molecule has 33 heavy (non-hydrogen) atoms. The highest BCUT2D eigenvalue weighted by molar-refractivity contribution is 5.97. The van der Waals surface area contributed by atoms with Crippen molar-refractivity contribution in [1.29, 1.82) is 0 Å². The first-order chi connectivity index (χ1) is 16.1. The van der Waals surface area contributed by atoms with E-state index < -0.39 is 0 Å². The van der Waals surface area contributed by atoms with E-state index in [0.29, 0.717) is 12.4 Å². The van der Waals surface area contributed by atoms with Crippen LogP contribution in [0, 0.1) is 6.92 Å². The molecule has 0 radical (unpaired) electrons. The van der Waals surface area contributed by atoms with Gasteiger partial charge in [-0.15, -0.1) is 0 Å². The molecular formula is C29H26O4. The fraction of sp³-hybridized carbons (Fsp3) is 0.138. The molecule has 4 rings (SSSR count). The molecular weight excluding hydrogens is 412 g/mol. The molecule has 0 saturated heterocycles. The Balaban J connectivity index is 1.75. The summed E-state index contributed by atoms with van der Waals surface area (Å²) in [5.41, 5.74) is 4.15. The van der Waals surface area contributed by atoms with Crippen LogP contribution < -0.4 is 9.47 Å². The zero-order chi connectivity index (χ0) is 23.2. The second kappa shape index (κ2) is 10.0. The number of fused-ring (bicyclic) bond motifs is 1. The standard InChI is InChI=1S/C29H26O4/c1-4-32-27(30)17-12-21-10-13-24(14-11-21)33-29-26-16-15-25(31-3)19-23(26)18-20(2)28(29)22-8-6-5-7-9-22/h5-19H,4H2,1-3H3. The summed E-state index contributed by atoms with van der Waals surface area (Å²) in [5.74, 6) is 1.96. The Bertz CT molecular complexity index is 1290. The van der Waals surface area contributed by atoms with Gasteiger partial charge in [-0.25, -0.2) is 4.79 Å². The average molecular weight is 439 g/mol. The summed E-state index contributed by atoms with van der Waals surface area (Å²) in [5, 5.41) is 2.06. The van der Waals surface area contributed by atoms with Crippen molar-refractivity contribution in [2.24, 2.45) is 0 Å². The van der Waals surface area contributed by atoms with Gasteiger partial charge in [0.1, 0.15) is 17.2 Å². The minimum absolute atomic E-state index is 0.355. The van der Waals surface area contributed by atoms with E-state index in [0.717, 1.165) is 44.5 Å². The average Bonchev–Trinajstić information content (AvgIpc) is 2.84. The van der Waals surface area contributed by atoms with Gasteiger partial charge in [-0.3, -0.25) is 0 Å². The van der Waals surface area contributed by atoms with Crippen LogP contribution in [0.2, 0.25) is 0 Å². The van der Waals surface area contributed by atoms with Crippen molar-refractivity contribution in [1.82, 2.24) is 0 Å². The number of carbonyl (C=O) groups is 1. The van der Waals surface area contributed by atoms with Gasteiger partial charge >= 0.3 is 5.97 Å². The Morgan fingerprint density at radius 2 is 1.64 bits per heavy atom. The molecule has 0 saturated carbocycles. The molecule has 0 atom stereocenters. The summed E-state index contributed by atoms with van der Waals surface area (Å²) in [6.07, 6.45) is 3.15. The van der Waals surface area contributed by atoms with Crippen molar-refractivity contribution in [3.63, 3.8) is 0 Å². The van der Waals surface area contributed by atoms with Crippen LogP contribution in [-0.2, 0) is 9.53 Å². The van der Waals surface area contributed by atoms with E-state index in [2.05, 4.69) is 25.1 Å². The SMILES string of the molecule is CCOC(=O)C=Cc1ccc(Oc2c(-c3ccccc3)c(C)cc3cc(OC)ccc23)cc1. The molecule has 4 heteroatoms. The summed E-state index contributed by atoms with van der Waals surface area (Å²) in [6.45, 7) is 4.24. The molecule has 4 aromatic carbocycles. The molecule has 0 aliphatic rings. The van der Waals surface area contributed by atoms with E-state index in [4.69, 9.17) is 14.2 Å². The molecule has 0 aliphatic heterocycles. The maximum Gasteiger partial charge on any atom is 0.330 e. The molecule has 0 aromatic heterocycles. The van der Waals surface area contributed by atoms with Crippen LogP contribution in [0.5, 0.6) is 17.2 Å². The molecule has 0 aliphatic carbocycles. The summed E-state index contributed by atoms with van der Waals surface area (Å²) in [7, 11) is 1.67. The Hall–Kier alpha value is -4.05. The van der Waals surface area contributed by atoms with Crippen molar-refractivity contribution >= 4 is 22.8 Å². The van der Waals surface area contributed by atoms with Crippen molar-refractivity contribution in [3.8, 4) is 28.4 Å². The molecule has 4 aromatic rings. The maximum absolute atomic E-state index is 11.6. The molecule has 0 unspecified atom stereocenters. The molecule has 166 valence electrons. The van der Waals surface area contributed by atoms with Gasteiger partial charge in [0.2, 0.25) is 0 Å². The number of rotatable bonds is 7. The molecule has 4 nitrogen and oxygen atoms in total. The van der Waals surface area contributed by atoms with E-state index in [1.54, 1.807) is 20.1 Å². The highest BCUT2D eigenvalue weighted by atomic mass is 16.5. The lowest BCUT2D eigenvalue weighted by molar-refractivity contribution is -0.137. The lowest BCUT2D eigenvalue weighted by atomic mass is 9.94. The molecule has 0 amide bonds. The number of ether oxygens (including phenoxy) is 3. The second-order valence-corrected chi connectivity index (χ2v) is 7.61. The van der Waals surface area contributed by atoms with Crippen LogP contribution in [0.1, 0.15) is 18.1 Å². The third-order valence-electron chi connectivity index (χ3n) is 5.36. The monoisotopic (exact) mass is 438 g/mol. The van der Waals surface area contributed by atoms with Crippen LogP contribution in [0.15, 0.2) is 84.9 Å². The van der Waals surface area contributed by atoms with Gasteiger partial charge in [0.15, 0.2) is 0 Å². The molecule has 0 bridgehead atoms. The predicted octanol–water partition coefficient (Wildman–Crippen LogP) is 7.19. The van der Waals surface area contributed by atoms with Crippen LogP contribution in [-0.4, -0.2) is 19.7 Å². The zero-order valence-electron chi connectivity index (χ0n) is 19.0. The second-order valence-electron chi connectivity index (χ2n) is 7.61. The summed E-state index contributed by atoms with van der Waals surface area (Å²) < 4.78 is 16.8. The third kappa shape index (κ3) is 5.07. The van der Waals surface area contributed by atoms with Gasteiger partial charge in [0.25, 0.3) is 0 Å².